The summed E-state index contributed by atoms with van der Waals surface area (Å²) in [6.45, 7) is 6.78. The molecule has 6 heteroatoms. The van der Waals surface area contributed by atoms with E-state index in [1.165, 1.54) is 14.0 Å². The zero-order chi connectivity index (χ0) is 14.1. The molecule has 0 aromatic heterocycles. The van der Waals surface area contributed by atoms with Gasteiger partial charge in [0.2, 0.25) is 5.91 Å². The molecule has 2 amide bonds. The number of carbonyl (C=O) groups excluding carboxylic acids is 3. The van der Waals surface area contributed by atoms with Gasteiger partial charge in [-0.3, -0.25) is 9.59 Å². The lowest BCUT2D eigenvalue weighted by molar-refractivity contribution is -0.157. The summed E-state index contributed by atoms with van der Waals surface area (Å²) in [5.41, 5.74) is -1.97. The van der Waals surface area contributed by atoms with E-state index in [1.807, 2.05) is 0 Å². The summed E-state index contributed by atoms with van der Waals surface area (Å²) >= 11 is 0. The van der Waals surface area contributed by atoms with E-state index in [4.69, 9.17) is 4.74 Å². The Kier molecular flexibility index (Phi) is 3.69. The van der Waals surface area contributed by atoms with Gasteiger partial charge in [-0.25, -0.2) is 9.69 Å². The standard InChI is InChI=1S/C12H19NO5/c1-11(2,3)18-10(16)13-7-6-12(4,8(13)14)9(15)17-5/h6-7H2,1-5H3. The van der Waals surface area contributed by atoms with E-state index < -0.39 is 29.0 Å². The summed E-state index contributed by atoms with van der Waals surface area (Å²) in [5.74, 6) is -1.19. The van der Waals surface area contributed by atoms with Crippen molar-refractivity contribution in [1.82, 2.24) is 4.90 Å². The number of esters is 1. The van der Waals surface area contributed by atoms with Crippen molar-refractivity contribution in [2.45, 2.75) is 39.7 Å². The largest absolute Gasteiger partial charge is 0.468 e. The van der Waals surface area contributed by atoms with Crippen LogP contribution in [0.3, 0.4) is 0 Å². The Bertz CT molecular complexity index is 384. The summed E-state index contributed by atoms with van der Waals surface area (Å²) in [6.07, 6.45) is -0.474. The summed E-state index contributed by atoms with van der Waals surface area (Å²) < 4.78 is 9.71. The third kappa shape index (κ3) is 2.63. The van der Waals surface area contributed by atoms with E-state index in [9.17, 15) is 14.4 Å². The normalized spacial score (nSPS) is 24.1. The van der Waals surface area contributed by atoms with E-state index >= 15 is 0 Å². The maximum absolute atomic E-state index is 12.1. The van der Waals surface area contributed by atoms with Gasteiger partial charge in [0.15, 0.2) is 0 Å². The van der Waals surface area contributed by atoms with Crippen LogP contribution in [0.1, 0.15) is 34.1 Å². The number of carbonyl (C=O) groups is 3. The van der Waals surface area contributed by atoms with Gasteiger partial charge < -0.3 is 9.47 Å². The smallest absolute Gasteiger partial charge is 0.417 e. The predicted octanol–water partition coefficient (Wildman–Crippen LogP) is 1.33. The molecule has 0 aliphatic carbocycles. The van der Waals surface area contributed by atoms with Gasteiger partial charge >= 0.3 is 12.1 Å². The Labute approximate surface area is 106 Å². The van der Waals surface area contributed by atoms with E-state index in [1.54, 1.807) is 20.8 Å². The zero-order valence-corrected chi connectivity index (χ0v) is 11.4. The molecule has 6 nitrogen and oxygen atoms in total. The second-order valence-electron chi connectivity index (χ2n) is 5.51. The quantitative estimate of drug-likeness (QED) is 0.523. The maximum Gasteiger partial charge on any atom is 0.417 e. The molecule has 1 fully saturated rings. The molecule has 0 aromatic rings. The highest BCUT2D eigenvalue weighted by Crippen LogP contribution is 2.33. The molecule has 0 N–H and O–H groups in total. The Morgan fingerprint density at radius 3 is 2.33 bits per heavy atom. The molecule has 1 saturated heterocycles. The highest BCUT2D eigenvalue weighted by Gasteiger charge is 2.52. The molecule has 0 aromatic carbocycles. The topological polar surface area (TPSA) is 72.9 Å². The lowest BCUT2D eigenvalue weighted by Crippen LogP contribution is -2.43. The zero-order valence-electron chi connectivity index (χ0n) is 11.4. The average Bonchev–Trinajstić information content (AvgIpc) is 2.53. The van der Waals surface area contributed by atoms with Gasteiger partial charge in [0, 0.05) is 6.54 Å². The number of imide groups is 1. The lowest BCUT2D eigenvalue weighted by Gasteiger charge is -2.24. The number of rotatable bonds is 1. The molecular formula is C12H19NO5. The fraction of sp³-hybridized carbons (Fsp3) is 0.750. The van der Waals surface area contributed by atoms with E-state index in [2.05, 4.69) is 4.74 Å². The molecule has 0 spiro atoms. The summed E-state index contributed by atoms with van der Waals surface area (Å²) in [6, 6.07) is 0. The summed E-state index contributed by atoms with van der Waals surface area (Å²) in [7, 11) is 1.22. The van der Waals surface area contributed by atoms with Crippen LogP contribution < -0.4 is 0 Å². The number of nitrogens with zero attached hydrogens (tertiary/aromatic N) is 1. The van der Waals surface area contributed by atoms with Crippen molar-refractivity contribution in [3.63, 3.8) is 0 Å². The van der Waals surface area contributed by atoms with Crippen molar-refractivity contribution < 1.29 is 23.9 Å². The molecule has 1 unspecified atom stereocenters. The number of likely N-dealkylation sites (tertiary alicyclic amines) is 1. The first-order valence-corrected chi connectivity index (χ1v) is 5.75. The molecule has 0 saturated carbocycles. The minimum atomic E-state index is -1.29. The van der Waals surface area contributed by atoms with Crippen LogP contribution in [0.5, 0.6) is 0 Å². The molecule has 18 heavy (non-hydrogen) atoms. The van der Waals surface area contributed by atoms with Crippen molar-refractivity contribution in [2.75, 3.05) is 13.7 Å². The highest BCUT2D eigenvalue weighted by atomic mass is 16.6. The van der Waals surface area contributed by atoms with Gasteiger partial charge in [-0.05, 0) is 34.1 Å². The number of methoxy groups -OCH3 is 1. The van der Waals surface area contributed by atoms with Crippen molar-refractivity contribution in [1.29, 1.82) is 0 Å². The fourth-order valence-corrected chi connectivity index (χ4v) is 1.75. The molecule has 0 radical (unpaired) electrons. The SMILES string of the molecule is COC(=O)C1(C)CCN(C(=O)OC(C)(C)C)C1=O. The number of hydrogen-bond acceptors (Lipinski definition) is 5. The monoisotopic (exact) mass is 257 g/mol. The molecule has 1 aliphatic rings. The van der Waals surface area contributed by atoms with Crippen molar-refractivity contribution >= 4 is 18.0 Å². The Morgan fingerprint density at radius 2 is 1.89 bits per heavy atom. The van der Waals surface area contributed by atoms with Gasteiger partial charge in [-0.2, -0.15) is 0 Å². The van der Waals surface area contributed by atoms with Gasteiger partial charge in [0.25, 0.3) is 0 Å². The first-order valence-electron chi connectivity index (χ1n) is 5.75. The van der Waals surface area contributed by atoms with Crippen LogP contribution in [-0.2, 0) is 19.1 Å². The first kappa shape index (κ1) is 14.5. The molecular weight excluding hydrogens is 238 g/mol. The van der Waals surface area contributed by atoms with Gasteiger partial charge in [0.1, 0.15) is 11.0 Å². The Balaban J connectivity index is 2.83. The van der Waals surface area contributed by atoms with Gasteiger partial charge in [-0.15, -0.1) is 0 Å². The lowest BCUT2D eigenvalue weighted by atomic mass is 9.89. The second-order valence-corrected chi connectivity index (χ2v) is 5.51. The van der Waals surface area contributed by atoms with Crippen molar-refractivity contribution in [3.8, 4) is 0 Å². The van der Waals surface area contributed by atoms with Crippen molar-refractivity contribution in [3.05, 3.63) is 0 Å². The number of ether oxygens (including phenoxy) is 2. The van der Waals surface area contributed by atoms with Crippen LogP contribution in [-0.4, -0.2) is 42.1 Å². The highest BCUT2D eigenvalue weighted by molar-refractivity contribution is 6.08. The maximum atomic E-state index is 12.1. The third-order valence-corrected chi connectivity index (χ3v) is 2.80. The van der Waals surface area contributed by atoms with E-state index in [-0.39, 0.29) is 13.0 Å². The Morgan fingerprint density at radius 1 is 1.33 bits per heavy atom. The number of amides is 2. The Hall–Kier alpha value is -1.59. The average molecular weight is 257 g/mol. The molecule has 0 bridgehead atoms. The third-order valence-electron chi connectivity index (χ3n) is 2.80. The molecule has 1 heterocycles. The van der Waals surface area contributed by atoms with Crippen LogP contribution in [0.25, 0.3) is 0 Å². The van der Waals surface area contributed by atoms with E-state index in [0.29, 0.717) is 0 Å². The first-order chi connectivity index (χ1) is 8.12. The summed E-state index contributed by atoms with van der Waals surface area (Å²) in [4.78, 5) is 36.4. The van der Waals surface area contributed by atoms with Crippen molar-refractivity contribution in [2.24, 2.45) is 5.41 Å². The molecule has 102 valence electrons. The van der Waals surface area contributed by atoms with Crippen LogP contribution >= 0.6 is 0 Å². The minimum Gasteiger partial charge on any atom is -0.468 e. The minimum absolute atomic E-state index is 0.166. The van der Waals surface area contributed by atoms with Crippen LogP contribution in [0.2, 0.25) is 0 Å². The van der Waals surface area contributed by atoms with Gasteiger partial charge in [-0.1, -0.05) is 0 Å². The van der Waals surface area contributed by atoms with Crippen LogP contribution in [0.15, 0.2) is 0 Å². The van der Waals surface area contributed by atoms with Crippen LogP contribution in [0.4, 0.5) is 4.79 Å². The number of hydrogen-bond donors (Lipinski definition) is 0. The predicted molar refractivity (Wildman–Crippen MR) is 62.7 cm³/mol. The molecule has 1 aliphatic heterocycles. The summed E-state index contributed by atoms with van der Waals surface area (Å²) in [5, 5.41) is 0. The van der Waals surface area contributed by atoms with Crippen LogP contribution in [0, 0.1) is 5.41 Å². The van der Waals surface area contributed by atoms with E-state index in [0.717, 1.165) is 4.90 Å². The second kappa shape index (κ2) is 4.59. The molecule has 1 rings (SSSR count). The fourth-order valence-electron chi connectivity index (χ4n) is 1.75. The van der Waals surface area contributed by atoms with Gasteiger partial charge in [0.05, 0.1) is 7.11 Å². The molecule has 1 atom stereocenters.